The van der Waals surface area contributed by atoms with E-state index in [4.69, 9.17) is 21.6 Å². The van der Waals surface area contributed by atoms with Crippen molar-refractivity contribution in [3.05, 3.63) is 466 Å². The van der Waals surface area contributed by atoms with Crippen LogP contribution in [0.25, 0.3) is 211 Å². The molecule has 0 unspecified atom stereocenters. The fraction of sp³-hybridized carbons (Fsp3) is 0. The average molecular weight is 1660 g/mol. The van der Waals surface area contributed by atoms with Crippen LogP contribution in [0.5, 0.6) is 0 Å². The van der Waals surface area contributed by atoms with Gasteiger partial charge in [0.1, 0.15) is 0 Å². The minimum Gasteiger partial charge on any atom is -0.423 e. The lowest BCUT2D eigenvalue weighted by Crippen LogP contribution is -2.29. The topological polar surface area (TPSA) is 112 Å². The summed E-state index contributed by atoms with van der Waals surface area (Å²) in [5, 5.41) is 28.9. The second-order valence-electron chi connectivity index (χ2n) is 32.0. The van der Waals surface area contributed by atoms with Gasteiger partial charge >= 0.3 is 7.12 Å². The summed E-state index contributed by atoms with van der Waals surface area (Å²) >= 11 is 6.48. The van der Waals surface area contributed by atoms with E-state index in [1.165, 1.54) is 92.9 Å². The number of halogens is 1. The maximum absolute atomic E-state index is 9.42. The van der Waals surface area contributed by atoms with Gasteiger partial charge in [0.2, 0.25) is 5.28 Å². The van der Waals surface area contributed by atoms with Crippen LogP contribution in [0.2, 0.25) is 5.28 Å². The quantitative estimate of drug-likeness (QED) is 0.0829. The molecule has 0 saturated heterocycles. The number of hydrogen-bond donors (Lipinski definition) is 2. The van der Waals surface area contributed by atoms with Crippen LogP contribution in [0.1, 0.15) is 0 Å². The van der Waals surface area contributed by atoms with E-state index in [0.717, 1.165) is 112 Å². The number of para-hydroxylation sites is 8. The molecule has 10 nitrogen and oxygen atoms in total. The van der Waals surface area contributed by atoms with Gasteiger partial charge in [-0.25, -0.2) is 19.9 Å². The van der Waals surface area contributed by atoms with E-state index >= 15 is 0 Å². The number of nitrogens with zero attached hydrogens (tertiary/aromatic N) is 8. The van der Waals surface area contributed by atoms with E-state index in [1.807, 2.05) is 54.6 Å². The Labute approximate surface area is 744 Å². The van der Waals surface area contributed by atoms with E-state index in [1.54, 1.807) is 6.07 Å². The van der Waals surface area contributed by atoms with Crippen LogP contribution in [-0.4, -0.2) is 55.4 Å². The second-order valence-corrected chi connectivity index (χ2v) is 32.4. The van der Waals surface area contributed by atoms with E-state index in [-0.39, 0.29) is 5.28 Å². The molecule has 6 heterocycles. The van der Waals surface area contributed by atoms with Gasteiger partial charge < -0.3 is 28.3 Å². The fourth-order valence-electron chi connectivity index (χ4n) is 18.3. The summed E-state index contributed by atoms with van der Waals surface area (Å²) < 4.78 is 9.21. The molecule has 0 fully saturated rings. The molecule has 12 heteroatoms. The Hall–Kier alpha value is -16.4. The molecule has 18 aromatic carbocycles. The summed E-state index contributed by atoms with van der Waals surface area (Å²) in [6, 6.07) is 161. The highest BCUT2D eigenvalue weighted by Gasteiger charge is 2.22. The first-order valence-electron chi connectivity index (χ1n) is 42.9. The largest absolute Gasteiger partial charge is 0.488 e. The third-order valence-corrected chi connectivity index (χ3v) is 24.5. The first kappa shape index (κ1) is 77.6. The van der Waals surface area contributed by atoms with Crippen molar-refractivity contribution in [3.63, 3.8) is 0 Å². The molecule has 0 bridgehead atoms. The lowest BCUT2D eigenvalue weighted by molar-refractivity contribution is 0.425. The monoisotopic (exact) mass is 1660 g/mol. The predicted octanol–water partition coefficient (Wildman–Crippen LogP) is 28.4. The van der Waals surface area contributed by atoms with Crippen molar-refractivity contribution < 1.29 is 10.0 Å². The van der Waals surface area contributed by atoms with Crippen molar-refractivity contribution >= 4 is 111 Å². The standard InChI is InChI=1S/C58H38N4.C40H26ClN3.C18H14BNO2/c1-2-15-39(16-3-1)40-31-33-41(34-32-40)52-38-53(60-58(59-52)45-20-14-22-47(37-45)62-56-29-10-6-25-50(56)51-26-7-11-30-57(51)62)44-19-12-17-42(35-44)43-18-13-21-46(36-43)61-54-27-8-4-23-48(54)49-24-5-9-28-55(49)61;41-40-42-36(29-22-20-28(21-23-29)27-10-2-1-3-11-27)26-37(43-40)32-14-8-12-30(24-32)31-13-9-15-33(25-31)44-38-18-6-4-16-34(38)35-17-5-7-19-39(35)44;21-19(22)13-6-5-7-14(12-13)20-17-10-3-1-8-15(17)16-9-2-4-11-18(16)20/h1-38H;1-26H;1-12,21-22H. The predicted molar refractivity (Wildman–Crippen MR) is 532 cm³/mol. The molecule has 0 atom stereocenters. The lowest BCUT2D eigenvalue weighted by atomic mass is 9.80. The molecule has 24 aromatic rings. The molecular formula is C116H78BClN8O2. The van der Waals surface area contributed by atoms with Crippen molar-refractivity contribution in [2.75, 3.05) is 0 Å². The molecule has 0 radical (unpaired) electrons. The normalized spacial score (nSPS) is 11.4. The SMILES string of the molecule is Clc1nc(-c2ccc(-c3ccccc3)cc2)cc(-c2cccc(-c3cccc(-n4c5ccccc5c5ccccc54)c3)c2)n1.OB(O)c1cccc(-n2c3ccccc3c3ccccc32)c1.c1ccc(-c2ccc(-c3cc(-c4cccc(-c5cccc(-n6c7ccccc7c7ccccc76)c5)c4)nc(-c4cccc(-n5c6ccccc6c6ccccc65)c4)n3)cc2)cc1. The Kier molecular flexibility index (Phi) is 20.4. The van der Waals surface area contributed by atoms with Crippen molar-refractivity contribution in [3.8, 4) is 124 Å². The molecule has 6 aromatic heterocycles. The third kappa shape index (κ3) is 14.8. The van der Waals surface area contributed by atoms with Crippen LogP contribution in [-0.2, 0) is 0 Å². The van der Waals surface area contributed by atoms with Crippen molar-refractivity contribution in [1.82, 2.24) is 38.2 Å². The molecule has 0 aliphatic rings. The maximum atomic E-state index is 9.42. The zero-order valence-electron chi connectivity index (χ0n) is 69.3. The van der Waals surface area contributed by atoms with Crippen LogP contribution in [0, 0.1) is 0 Å². The van der Waals surface area contributed by atoms with Crippen molar-refractivity contribution in [2.45, 2.75) is 0 Å². The van der Waals surface area contributed by atoms with Gasteiger partial charge in [0.15, 0.2) is 5.82 Å². The summed E-state index contributed by atoms with van der Waals surface area (Å²) in [4.78, 5) is 19.8. The first-order valence-corrected chi connectivity index (χ1v) is 43.3. The van der Waals surface area contributed by atoms with Gasteiger partial charge in [-0.05, 0) is 183 Å². The van der Waals surface area contributed by atoms with Gasteiger partial charge in [0, 0.05) is 93.7 Å². The van der Waals surface area contributed by atoms with Crippen LogP contribution in [0.4, 0.5) is 0 Å². The van der Waals surface area contributed by atoms with Crippen LogP contribution >= 0.6 is 11.6 Å². The molecule has 0 aliphatic heterocycles. The maximum Gasteiger partial charge on any atom is 0.488 e. The summed E-state index contributed by atoms with van der Waals surface area (Å²) in [7, 11) is -1.46. The lowest BCUT2D eigenvalue weighted by Gasteiger charge is -2.13. The number of benzene rings is 18. The minimum atomic E-state index is -1.46. The van der Waals surface area contributed by atoms with E-state index in [0.29, 0.717) is 11.3 Å². The van der Waals surface area contributed by atoms with Crippen LogP contribution < -0.4 is 5.46 Å². The molecule has 0 aliphatic carbocycles. The van der Waals surface area contributed by atoms with Gasteiger partial charge in [-0.1, -0.05) is 340 Å². The minimum absolute atomic E-state index is 0.225. The fourth-order valence-corrected chi connectivity index (χ4v) is 18.5. The van der Waals surface area contributed by atoms with Gasteiger partial charge in [-0.15, -0.1) is 0 Å². The highest BCUT2D eigenvalue weighted by Crippen LogP contribution is 2.41. The number of hydrogen-bond acceptors (Lipinski definition) is 6. The first-order chi connectivity index (χ1) is 63.2. The summed E-state index contributed by atoms with van der Waals surface area (Å²) in [5.74, 6) is 0.672. The molecule has 24 rings (SSSR count). The summed E-state index contributed by atoms with van der Waals surface area (Å²) in [5.41, 5.74) is 31.5. The van der Waals surface area contributed by atoms with Gasteiger partial charge in [0.05, 0.1) is 66.9 Å². The van der Waals surface area contributed by atoms with Gasteiger partial charge in [0.25, 0.3) is 0 Å². The number of rotatable bonds is 14. The molecule has 2 N–H and O–H groups in total. The zero-order valence-corrected chi connectivity index (χ0v) is 70.1. The third-order valence-electron chi connectivity index (χ3n) is 24.3. The van der Waals surface area contributed by atoms with E-state index < -0.39 is 7.12 Å². The molecule has 0 spiro atoms. The number of fused-ring (bicyclic) bond motifs is 12. The molecular weight excluding hydrogens is 1580 g/mol. The molecule has 128 heavy (non-hydrogen) atoms. The highest BCUT2D eigenvalue weighted by atomic mass is 35.5. The van der Waals surface area contributed by atoms with Crippen LogP contribution in [0.15, 0.2) is 461 Å². The Morgan fingerprint density at radius 2 is 0.406 bits per heavy atom. The smallest absolute Gasteiger partial charge is 0.423 e. The second kappa shape index (κ2) is 33.7. The van der Waals surface area contributed by atoms with Crippen molar-refractivity contribution in [1.29, 1.82) is 0 Å². The van der Waals surface area contributed by atoms with E-state index in [9.17, 15) is 10.0 Å². The zero-order chi connectivity index (χ0) is 85.5. The Morgan fingerprint density at radius 3 is 0.742 bits per heavy atom. The van der Waals surface area contributed by atoms with E-state index in [2.05, 4.69) is 429 Å². The Bertz CT molecular complexity index is 8110. The Morgan fingerprint density at radius 1 is 0.180 bits per heavy atom. The van der Waals surface area contributed by atoms with Crippen molar-refractivity contribution in [2.24, 2.45) is 0 Å². The molecule has 604 valence electrons. The average Bonchev–Trinajstić information content (AvgIpc) is 1.62. The van der Waals surface area contributed by atoms with Crippen LogP contribution in [0.3, 0.4) is 0 Å². The Balaban J connectivity index is 0.000000126. The highest BCUT2D eigenvalue weighted by molar-refractivity contribution is 6.58. The molecule has 0 amide bonds. The summed E-state index contributed by atoms with van der Waals surface area (Å²) in [6.07, 6.45) is 0. The number of aromatic nitrogens is 8. The molecule has 0 saturated carbocycles. The van der Waals surface area contributed by atoms with Gasteiger partial charge in [-0.2, -0.15) is 0 Å². The van der Waals surface area contributed by atoms with Gasteiger partial charge in [-0.3, -0.25) is 0 Å². The summed E-state index contributed by atoms with van der Waals surface area (Å²) in [6.45, 7) is 0.